The number of anilines is 1. The fourth-order valence-corrected chi connectivity index (χ4v) is 3.73. The van der Waals surface area contributed by atoms with Crippen LogP contribution in [0.15, 0.2) is 53.4 Å². The van der Waals surface area contributed by atoms with Crippen molar-refractivity contribution >= 4 is 21.6 Å². The molecule has 0 spiro atoms. The molecule has 6 heteroatoms. The minimum absolute atomic E-state index is 0.166. The second-order valence-corrected chi connectivity index (χ2v) is 7.48. The third kappa shape index (κ3) is 4.14. The molecule has 2 aromatic carbocycles. The molecule has 128 valence electrons. The van der Waals surface area contributed by atoms with E-state index in [9.17, 15) is 13.2 Å². The second-order valence-electron chi connectivity index (χ2n) is 5.62. The molecule has 2 aromatic rings. The van der Waals surface area contributed by atoms with E-state index in [2.05, 4.69) is 5.32 Å². The molecule has 0 aliphatic heterocycles. The van der Waals surface area contributed by atoms with Gasteiger partial charge in [0, 0.05) is 6.54 Å². The van der Waals surface area contributed by atoms with E-state index in [1.165, 1.54) is 0 Å². The molecule has 0 heterocycles. The van der Waals surface area contributed by atoms with Gasteiger partial charge in [-0.15, -0.1) is 0 Å². The number of rotatable bonds is 6. The minimum Gasteiger partial charge on any atom is -0.355 e. The van der Waals surface area contributed by atoms with E-state index in [-0.39, 0.29) is 17.3 Å². The lowest BCUT2D eigenvalue weighted by atomic mass is 10.2. The van der Waals surface area contributed by atoms with E-state index in [1.54, 1.807) is 49.4 Å². The Labute approximate surface area is 143 Å². The van der Waals surface area contributed by atoms with Gasteiger partial charge in [-0.3, -0.25) is 9.10 Å². The normalized spacial score (nSPS) is 11.1. The highest BCUT2D eigenvalue weighted by molar-refractivity contribution is 7.92. The maximum atomic E-state index is 13.0. The number of carbonyl (C=O) groups is 1. The molecule has 0 fully saturated rings. The first kappa shape index (κ1) is 18.0. The summed E-state index contributed by atoms with van der Waals surface area (Å²) in [6.07, 6.45) is 0. The molecule has 0 unspecified atom stereocenters. The maximum Gasteiger partial charge on any atom is 0.264 e. The fourth-order valence-electron chi connectivity index (χ4n) is 2.32. The van der Waals surface area contributed by atoms with Crippen LogP contribution in [-0.2, 0) is 14.8 Å². The van der Waals surface area contributed by atoms with Gasteiger partial charge in [-0.1, -0.05) is 29.8 Å². The van der Waals surface area contributed by atoms with Crippen LogP contribution in [0.1, 0.15) is 18.1 Å². The molecule has 0 bridgehead atoms. The Kier molecular flexibility index (Phi) is 5.62. The molecular weight excluding hydrogens is 324 g/mol. The Morgan fingerprint density at radius 1 is 1.04 bits per heavy atom. The van der Waals surface area contributed by atoms with Gasteiger partial charge in [-0.2, -0.15) is 0 Å². The fraction of sp³-hybridized carbons (Fsp3) is 0.278. The average Bonchev–Trinajstić information content (AvgIpc) is 2.53. The minimum atomic E-state index is -3.83. The summed E-state index contributed by atoms with van der Waals surface area (Å²) < 4.78 is 27.2. The van der Waals surface area contributed by atoms with E-state index in [0.717, 1.165) is 15.4 Å². The summed E-state index contributed by atoms with van der Waals surface area (Å²) in [4.78, 5) is 12.2. The topological polar surface area (TPSA) is 66.5 Å². The van der Waals surface area contributed by atoms with Crippen LogP contribution < -0.4 is 9.62 Å². The van der Waals surface area contributed by atoms with E-state index < -0.39 is 10.0 Å². The van der Waals surface area contributed by atoms with E-state index in [4.69, 9.17) is 0 Å². The van der Waals surface area contributed by atoms with Crippen LogP contribution >= 0.6 is 0 Å². The summed E-state index contributed by atoms with van der Waals surface area (Å²) >= 11 is 0. The smallest absolute Gasteiger partial charge is 0.264 e. The zero-order valence-corrected chi connectivity index (χ0v) is 14.9. The average molecular weight is 346 g/mol. The lowest BCUT2D eigenvalue weighted by Gasteiger charge is -2.24. The van der Waals surface area contributed by atoms with Crippen molar-refractivity contribution in [3.63, 3.8) is 0 Å². The lowest BCUT2D eigenvalue weighted by molar-refractivity contribution is -0.119. The van der Waals surface area contributed by atoms with Crippen LogP contribution in [0.5, 0.6) is 0 Å². The zero-order chi connectivity index (χ0) is 17.7. The van der Waals surface area contributed by atoms with Gasteiger partial charge in [0.2, 0.25) is 5.91 Å². The number of sulfonamides is 1. The van der Waals surface area contributed by atoms with Crippen molar-refractivity contribution in [2.75, 3.05) is 17.4 Å². The summed E-state index contributed by atoms with van der Waals surface area (Å²) in [5, 5.41) is 2.65. The number of nitrogens with one attached hydrogen (secondary N) is 1. The summed E-state index contributed by atoms with van der Waals surface area (Å²) in [5.41, 5.74) is 2.37. The molecule has 0 aliphatic rings. The maximum absolute atomic E-state index is 13.0. The highest BCUT2D eigenvalue weighted by Gasteiger charge is 2.27. The van der Waals surface area contributed by atoms with Crippen LogP contribution in [0.25, 0.3) is 0 Å². The van der Waals surface area contributed by atoms with Gasteiger partial charge in [-0.25, -0.2) is 8.42 Å². The van der Waals surface area contributed by atoms with Crippen LogP contribution in [0.2, 0.25) is 0 Å². The third-order valence-corrected chi connectivity index (χ3v) is 5.35. The number of hydrogen-bond donors (Lipinski definition) is 1. The Morgan fingerprint density at radius 3 is 2.29 bits per heavy atom. The van der Waals surface area contributed by atoms with Gasteiger partial charge >= 0.3 is 0 Å². The first-order valence-electron chi connectivity index (χ1n) is 7.77. The Bertz CT molecular complexity index is 814. The molecule has 0 radical (unpaired) electrons. The molecule has 5 nitrogen and oxygen atoms in total. The Hall–Kier alpha value is -2.34. The van der Waals surface area contributed by atoms with E-state index >= 15 is 0 Å². The van der Waals surface area contributed by atoms with Crippen LogP contribution in [0, 0.1) is 13.8 Å². The van der Waals surface area contributed by atoms with Gasteiger partial charge in [0.25, 0.3) is 10.0 Å². The highest BCUT2D eigenvalue weighted by Crippen LogP contribution is 2.24. The zero-order valence-electron chi connectivity index (χ0n) is 14.1. The van der Waals surface area contributed by atoms with E-state index in [0.29, 0.717) is 12.2 Å². The van der Waals surface area contributed by atoms with E-state index in [1.807, 2.05) is 19.9 Å². The predicted molar refractivity (Wildman–Crippen MR) is 95.6 cm³/mol. The van der Waals surface area contributed by atoms with Gasteiger partial charge in [0.05, 0.1) is 10.6 Å². The summed E-state index contributed by atoms with van der Waals surface area (Å²) in [6, 6.07) is 13.7. The molecule has 1 amide bonds. The molecule has 24 heavy (non-hydrogen) atoms. The van der Waals surface area contributed by atoms with Gasteiger partial charge in [0.15, 0.2) is 0 Å². The number of benzene rings is 2. The first-order valence-corrected chi connectivity index (χ1v) is 9.21. The van der Waals surface area contributed by atoms with Crippen molar-refractivity contribution < 1.29 is 13.2 Å². The third-order valence-electron chi connectivity index (χ3n) is 3.56. The number of amides is 1. The molecule has 0 saturated carbocycles. The molecule has 0 atom stereocenters. The predicted octanol–water partition coefficient (Wildman–Crippen LogP) is 2.63. The SMILES string of the molecule is CCNC(=O)CN(c1cccc(C)c1)S(=O)(=O)c1ccc(C)cc1. The van der Waals surface area contributed by atoms with Crippen molar-refractivity contribution in [3.05, 3.63) is 59.7 Å². The van der Waals surface area contributed by atoms with Crippen LogP contribution in [-0.4, -0.2) is 27.4 Å². The Morgan fingerprint density at radius 2 is 1.71 bits per heavy atom. The summed E-state index contributed by atoms with van der Waals surface area (Å²) in [6.45, 7) is 5.76. The molecule has 0 aliphatic carbocycles. The number of aryl methyl sites for hydroxylation is 2. The lowest BCUT2D eigenvalue weighted by Crippen LogP contribution is -2.40. The monoisotopic (exact) mass is 346 g/mol. The van der Waals surface area contributed by atoms with Crippen LogP contribution in [0.3, 0.4) is 0 Å². The van der Waals surface area contributed by atoms with Gasteiger partial charge in [-0.05, 0) is 50.6 Å². The summed E-state index contributed by atoms with van der Waals surface area (Å²) in [7, 11) is -3.83. The highest BCUT2D eigenvalue weighted by atomic mass is 32.2. The van der Waals surface area contributed by atoms with Crippen molar-refractivity contribution in [3.8, 4) is 0 Å². The van der Waals surface area contributed by atoms with Crippen molar-refractivity contribution in [1.29, 1.82) is 0 Å². The van der Waals surface area contributed by atoms with Crippen LogP contribution in [0.4, 0.5) is 5.69 Å². The number of carbonyl (C=O) groups excluding carboxylic acids is 1. The van der Waals surface area contributed by atoms with Crippen molar-refractivity contribution in [1.82, 2.24) is 5.32 Å². The molecule has 0 aromatic heterocycles. The number of nitrogens with zero attached hydrogens (tertiary/aromatic N) is 1. The second kappa shape index (κ2) is 7.49. The standard InChI is InChI=1S/C18H22N2O3S/c1-4-19-18(21)13-20(16-7-5-6-15(3)12-16)24(22,23)17-10-8-14(2)9-11-17/h5-12H,4,13H2,1-3H3,(H,19,21). The molecule has 0 saturated heterocycles. The first-order chi connectivity index (χ1) is 11.3. The van der Waals surface area contributed by atoms with Gasteiger partial charge in [0.1, 0.15) is 6.54 Å². The Balaban J connectivity index is 2.48. The largest absolute Gasteiger partial charge is 0.355 e. The van der Waals surface area contributed by atoms with Gasteiger partial charge < -0.3 is 5.32 Å². The quantitative estimate of drug-likeness (QED) is 0.874. The van der Waals surface area contributed by atoms with Crippen molar-refractivity contribution in [2.45, 2.75) is 25.7 Å². The summed E-state index contributed by atoms with van der Waals surface area (Å²) in [5.74, 6) is -0.338. The molecule has 1 N–H and O–H groups in total. The number of hydrogen-bond acceptors (Lipinski definition) is 3. The molecule has 2 rings (SSSR count). The molecular formula is C18H22N2O3S. The number of likely N-dealkylation sites (N-methyl/N-ethyl adjacent to an activating group) is 1. The van der Waals surface area contributed by atoms with Crippen molar-refractivity contribution in [2.24, 2.45) is 0 Å².